The van der Waals surface area contributed by atoms with Gasteiger partial charge in [0.05, 0.1) is 15.6 Å². The number of hydrogen-bond acceptors (Lipinski definition) is 5. The lowest BCUT2D eigenvalue weighted by Crippen LogP contribution is -2.33. The molecule has 0 aliphatic carbocycles. The van der Waals surface area contributed by atoms with Crippen molar-refractivity contribution < 1.29 is 14.7 Å². The highest BCUT2D eigenvalue weighted by molar-refractivity contribution is 9.11. The number of nitrogens with one attached hydrogen (secondary N) is 1. The number of oxime groups is 1. The zero-order chi connectivity index (χ0) is 21.9. The van der Waals surface area contributed by atoms with Crippen LogP contribution in [0.1, 0.15) is 17.5 Å². The largest absolute Gasteiger partial charge is 0.491 e. The Labute approximate surface area is 194 Å². The zero-order valence-electron chi connectivity index (χ0n) is 17.2. The number of halogens is 2. The number of carbonyl (C=O) groups is 1. The summed E-state index contributed by atoms with van der Waals surface area (Å²) >= 11 is 7.13. The molecular formula is C22H27Br2N3O3. The van der Waals surface area contributed by atoms with Crippen LogP contribution in [0.5, 0.6) is 5.75 Å². The molecule has 0 unspecified atom stereocenters. The van der Waals surface area contributed by atoms with Crippen molar-refractivity contribution in [2.75, 3.05) is 33.8 Å². The van der Waals surface area contributed by atoms with Crippen molar-refractivity contribution in [3.63, 3.8) is 0 Å². The summed E-state index contributed by atoms with van der Waals surface area (Å²) in [5.74, 6) is 0.402. The molecule has 0 aromatic heterocycles. The lowest BCUT2D eigenvalue weighted by Gasteiger charge is -2.14. The van der Waals surface area contributed by atoms with E-state index < -0.39 is 0 Å². The van der Waals surface area contributed by atoms with Crippen LogP contribution in [0.25, 0.3) is 0 Å². The van der Waals surface area contributed by atoms with Crippen LogP contribution in [0.2, 0.25) is 0 Å². The van der Waals surface area contributed by atoms with Gasteiger partial charge in [-0.3, -0.25) is 4.79 Å². The van der Waals surface area contributed by atoms with Crippen molar-refractivity contribution in [2.45, 2.75) is 19.3 Å². The summed E-state index contributed by atoms with van der Waals surface area (Å²) in [7, 11) is 4.08. The lowest BCUT2D eigenvalue weighted by atomic mass is 10.1. The fourth-order valence-corrected chi connectivity index (χ4v) is 4.33. The van der Waals surface area contributed by atoms with Crippen molar-refractivity contribution in [1.82, 2.24) is 10.2 Å². The minimum Gasteiger partial charge on any atom is -0.491 e. The maximum atomic E-state index is 12.3. The van der Waals surface area contributed by atoms with Gasteiger partial charge in [-0.15, -0.1) is 0 Å². The number of hydrogen-bond donors (Lipinski definition) is 2. The third-order valence-electron chi connectivity index (χ3n) is 4.35. The molecule has 0 heterocycles. The molecule has 0 spiro atoms. The Morgan fingerprint density at radius 2 is 1.80 bits per heavy atom. The number of rotatable bonds is 11. The summed E-state index contributed by atoms with van der Waals surface area (Å²) in [6.07, 6.45) is 1.85. The van der Waals surface area contributed by atoms with E-state index >= 15 is 0 Å². The molecule has 2 rings (SSSR count). The van der Waals surface area contributed by atoms with Crippen LogP contribution in [0.4, 0.5) is 0 Å². The van der Waals surface area contributed by atoms with Crippen molar-refractivity contribution >= 4 is 43.5 Å². The fourth-order valence-electron chi connectivity index (χ4n) is 2.82. The summed E-state index contributed by atoms with van der Waals surface area (Å²) in [5.41, 5.74) is 2.04. The van der Waals surface area contributed by atoms with Gasteiger partial charge < -0.3 is 20.2 Å². The maximum absolute atomic E-state index is 12.3. The predicted octanol–water partition coefficient (Wildman–Crippen LogP) is 4.27. The molecule has 2 N–H and O–H groups in total. The third kappa shape index (κ3) is 8.08. The molecule has 0 aliphatic heterocycles. The van der Waals surface area contributed by atoms with Crippen LogP contribution >= 0.6 is 31.9 Å². The molecule has 6 nitrogen and oxygen atoms in total. The highest BCUT2D eigenvalue weighted by Gasteiger charge is 2.13. The molecule has 0 saturated heterocycles. The Kier molecular flexibility index (Phi) is 10.3. The zero-order valence-corrected chi connectivity index (χ0v) is 20.4. The molecule has 0 bridgehead atoms. The first kappa shape index (κ1) is 24.4. The highest BCUT2D eigenvalue weighted by atomic mass is 79.9. The van der Waals surface area contributed by atoms with Crippen LogP contribution in [-0.4, -0.2) is 55.5 Å². The minimum absolute atomic E-state index is 0.0880. The lowest BCUT2D eigenvalue weighted by molar-refractivity contribution is -0.115. The Morgan fingerprint density at radius 1 is 1.13 bits per heavy atom. The first-order valence-corrected chi connectivity index (χ1v) is 11.3. The summed E-state index contributed by atoms with van der Waals surface area (Å²) in [4.78, 5) is 14.4. The van der Waals surface area contributed by atoms with Crippen molar-refractivity contribution in [3.8, 4) is 5.75 Å². The van der Waals surface area contributed by atoms with E-state index in [0.717, 1.165) is 38.8 Å². The van der Waals surface area contributed by atoms with Gasteiger partial charge in [0.2, 0.25) is 0 Å². The van der Waals surface area contributed by atoms with E-state index in [9.17, 15) is 10.0 Å². The van der Waals surface area contributed by atoms with Crippen molar-refractivity contribution in [2.24, 2.45) is 5.16 Å². The van der Waals surface area contributed by atoms with Gasteiger partial charge in [0.25, 0.3) is 5.91 Å². The van der Waals surface area contributed by atoms with Gasteiger partial charge in [0, 0.05) is 19.5 Å². The maximum Gasteiger partial charge on any atom is 0.269 e. The Bertz CT molecular complexity index is 835. The molecule has 2 aromatic rings. The standard InChI is InChI=1S/C22H27Br2N3O3/c1-27(2)11-6-12-30-21-18(23)13-17(14-19(21)24)9-10-25-22(28)20(26-29)15-16-7-4-3-5-8-16/h3-5,7-8,13-14,29H,6,9-12,15H2,1-2H3,(H,25,28). The SMILES string of the molecule is CN(C)CCCOc1c(Br)cc(CCNC(=O)C(Cc2ccccc2)=NO)cc1Br. The quantitative estimate of drug-likeness (QED) is 0.193. The average molecular weight is 541 g/mol. The van der Waals surface area contributed by atoms with E-state index in [2.05, 4.69) is 47.2 Å². The number of nitrogens with zero attached hydrogens (tertiary/aromatic N) is 2. The van der Waals surface area contributed by atoms with Crippen molar-refractivity contribution in [3.05, 3.63) is 62.5 Å². The molecule has 30 heavy (non-hydrogen) atoms. The summed E-state index contributed by atoms with van der Waals surface area (Å²) in [6.45, 7) is 2.03. The van der Waals surface area contributed by atoms with Gasteiger partial charge >= 0.3 is 0 Å². The molecule has 162 valence electrons. The highest BCUT2D eigenvalue weighted by Crippen LogP contribution is 2.35. The second-order valence-electron chi connectivity index (χ2n) is 7.11. The molecule has 1 amide bonds. The Balaban J connectivity index is 1.85. The molecule has 0 radical (unpaired) electrons. The van der Waals surface area contributed by atoms with Gasteiger partial charge in [-0.2, -0.15) is 0 Å². The molecule has 0 atom stereocenters. The smallest absolute Gasteiger partial charge is 0.269 e. The molecule has 0 saturated carbocycles. The first-order chi connectivity index (χ1) is 14.4. The summed E-state index contributed by atoms with van der Waals surface area (Å²) in [6, 6.07) is 13.4. The van der Waals surface area contributed by atoms with E-state index in [1.165, 1.54) is 0 Å². The average Bonchev–Trinajstić information content (AvgIpc) is 2.71. The van der Waals surface area contributed by atoms with Crippen LogP contribution in [-0.2, 0) is 17.6 Å². The number of ether oxygens (including phenoxy) is 1. The fraction of sp³-hybridized carbons (Fsp3) is 0.364. The normalized spacial score (nSPS) is 11.6. The van der Waals surface area contributed by atoms with E-state index in [1.807, 2.05) is 56.6 Å². The van der Waals surface area contributed by atoms with Crippen LogP contribution in [0.15, 0.2) is 56.6 Å². The van der Waals surface area contributed by atoms with Crippen LogP contribution in [0, 0.1) is 0 Å². The monoisotopic (exact) mass is 539 g/mol. The number of benzene rings is 2. The molecule has 8 heteroatoms. The van der Waals surface area contributed by atoms with E-state index in [1.54, 1.807) is 0 Å². The van der Waals surface area contributed by atoms with Gasteiger partial charge in [-0.25, -0.2) is 0 Å². The second kappa shape index (κ2) is 12.7. The number of amides is 1. The van der Waals surface area contributed by atoms with E-state index in [0.29, 0.717) is 19.6 Å². The summed E-state index contributed by atoms with van der Waals surface area (Å²) in [5, 5.41) is 15.2. The number of carbonyl (C=O) groups excluding carboxylic acids is 1. The Morgan fingerprint density at radius 3 is 2.40 bits per heavy atom. The topological polar surface area (TPSA) is 74.2 Å². The molecule has 0 fully saturated rings. The summed E-state index contributed by atoms with van der Waals surface area (Å²) < 4.78 is 7.62. The Hall–Kier alpha value is -1.90. The van der Waals surface area contributed by atoms with E-state index in [-0.39, 0.29) is 18.0 Å². The van der Waals surface area contributed by atoms with Crippen molar-refractivity contribution in [1.29, 1.82) is 0 Å². The van der Waals surface area contributed by atoms with Crippen LogP contribution in [0.3, 0.4) is 0 Å². The van der Waals surface area contributed by atoms with Gasteiger partial charge in [0.15, 0.2) is 0 Å². The first-order valence-electron chi connectivity index (χ1n) is 9.69. The molecular weight excluding hydrogens is 514 g/mol. The predicted molar refractivity (Wildman–Crippen MR) is 127 cm³/mol. The molecule has 2 aromatic carbocycles. The van der Waals surface area contributed by atoms with E-state index in [4.69, 9.17) is 4.74 Å². The van der Waals surface area contributed by atoms with Gasteiger partial charge in [-0.05, 0) is 82.1 Å². The third-order valence-corrected chi connectivity index (χ3v) is 5.53. The minimum atomic E-state index is -0.375. The van der Waals surface area contributed by atoms with Crippen LogP contribution < -0.4 is 10.1 Å². The second-order valence-corrected chi connectivity index (χ2v) is 8.82. The van der Waals surface area contributed by atoms with Gasteiger partial charge in [-0.1, -0.05) is 35.5 Å². The molecule has 0 aliphatic rings. The van der Waals surface area contributed by atoms with Gasteiger partial charge in [0.1, 0.15) is 11.5 Å².